The van der Waals surface area contributed by atoms with Crippen molar-refractivity contribution in [2.75, 3.05) is 20.8 Å². The monoisotopic (exact) mass is 366 g/mol. The summed E-state index contributed by atoms with van der Waals surface area (Å²) in [4.78, 5) is 26.9. The van der Waals surface area contributed by atoms with Gasteiger partial charge in [0.2, 0.25) is 0 Å². The number of methoxy groups -OCH3 is 2. The third-order valence-electron chi connectivity index (χ3n) is 3.42. The van der Waals surface area contributed by atoms with Gasteiger partial charge in [0.1, 0.15) is 10.7 Å². The van der Waals surface area contributed by atoms with Crippen LogP contribution in [0.25, 0.3) is 0 Å². The van der Waals surface area contributed by atoms with Gasteiger partial charge in [-0.3, -0.25) is 14.9 Å². The number of thiazole rings is 1. The van der Waals surface area contributed by atoms with Gasteiger partial charge in [-0.2, -0.15) is 0 Å². The third kappa shape index (κ3) is 4.43. The lowest BCUT2D eigenvalue weighted by molar-refractivity contribution is -0.385. The predicted octanol–water partition coefficient (Wildman–Crippen LogP) is 1.50. The van der Waals surface area contributed by atoms with E-state index in [4.69, 9.17) is 15.2 Å². The average Bonchev–Trinajstić information content (AvgIpc) is 3.10. The molecule has 10 heteroatoms. The largest absolute Gasteiger partial charge is 0.493 e. The number of nitrogens with one attached hydrogen (secondary N) is 1. The molecule has 9 nitrogen and oxygen atoms in total. The highest BCUT2D eigenvalue weighted by atomic mass is 32.1. The maximum absolute atomic E-state index is 12.0. The fourth-order valence-corrected chi connectivity index (χ4v) is 2.85. The zero-order chi connectivity index (χ0) is 18.4. The quantitative estimate of drug-likeness (QED) is 0.535. The van der Waals surface area contributed by atoms with Crippen LogP contribution in [0.2, 0.25) is 0 Å². The number of nitro groups is 1. The van der Waals surface area contributed by atoms with Crippen molar-refractivity contribution in [1.29, 1.82) is 0 Å². The molecule has 0 fully saturated rings. The Morgan fingerprint density at radius 2 is 2.04 bits per heavy atom. The Hall–Kier alpha value is -2.72. The number of aromatic nitrogens is 1. The minimum atomic E-state index is -0.493. The van der Waals surface area contributed by atoms with Gasteiger partial charge in [0, 0.05) is 24.0 Å². The number of nitrogens with zero attached hydrogens (tertiary/aromatic N) is 2. The fourth-order valence-electron chi connectivity index (χ4n) is 2.19. The minimum Gasteiger partial charge on any atom is -0.493 e. The van der Waals surface area contributed by atoms with Crippen LogP contribution in [0.1, 0.15) is 21.1 Å². The van der Waals surface area contributed by atoms with Crippen molar-refractivity contribution in [3.63, 3.8) is 0 Å². The summed E-state index contributed by atoms with van der Waals surface area (Å²) in [7, 11) is 2.86. The molecule has 0 aliphatic heterocycles. The van der Waals surface area contributed by atoms with Crippen molar-refractivity contribution in [3.05, 3.63) is 43.9 Å². The first-order valence-corrected chi connectivity index (χ1v) is 8.20. The van der Waals surface area contributed by atoms with E-state index in [2.05, 4.69) is 10.3 Å². The van der Waals surface area contributed by atoms with E-state index in [1.165, 1.54) is 31.6 Å². The molecule has 1 aromatic carbocycles. The molecule has 1 heterocycles. The van der Waals surface area contributed by atoms with Gasteiger partial charge in [-0.25, -0.2) is 4.98 Å². The van der Waals surface area contributed by atoms with Crippen LogP contribution in [0.5, 0.6) is 11.5 Å². The maximum atomic E-state index is 12.0. The predicted molar refractivity (Wildman–Crippen MR) is 92.2 cm³/mol. The summed E-state index contributed by atoms with van der Waals surface area (Å²) in [6.07, 6.45) is 0.260. The van der Waals surface area contributed by atoms with Crippen molar-refractivity contribution in [1.82, 2.24) is 10.3 Å². The van der Waals surface area contributed by atoms with Gasteiger partial charge < -0.3 is 20.5 Å². The molecular weight excluding hydrogens is 348 g/mol. The van der Waals surface area contributed by atoms with E-state index in [0.717, 1.165) is 0 Å². The van der Waals surface area contributed by atoms with Crippen LogP contribution in [0.15, 0.2) is 17.5 Å². The maximum Gasteiger partial charge on any atom is 0.276 e. The zero-order valence-electron chi connectivity index (χ0n) is 13.8. The zero-order valence-corrected chi connectivity index (χ0v) is 14.6. The summed E-state index contributed by atoms with van der Waals surface area (Å²) < 4.78 is 10.2. The van der Waals surface area contributed by atoms with E-state index in [-0.39, 0.29) is 42.5 Å². The molecule has 1 aromatic heterocycles. The van der Waals surface area contributed by atoms with Crippen LogP contribution in [0.4, 0.5) is 5.69 Å². The Balaban J connectivity index is 2.08. The Morgan fingerprint density at radius 3 is 2.60 bits per heavy atom. The number of nitro benzene ring substituents is 1. The molecule has 134 valence electrons. The van der Waals surface area contributed by atoms with Crippen LogP contribution in [0, 0.1) is 10.1 Å². The molecule has 2 rings (SSSR count). The summed E-state index contributed by atoms with van der Waals surface area (Å²) in [6.45, 7) is 0.487. The van der Waals surface area contributed by atoms with Crippen LogP contribution < -0.4 is 20.5 Å². The number of amides is 1. The van der Waals surface area contributed by atoms with Crippen molar-refractivity contribution < 1.29 is 19.2 Å². The molecule has 0 bridgehead atoms. The van der Waals surface area contributed by atoms with Crippen molar-refractivity contribution >= 4 is 22.9 Å². The van der Waals surface area contributed by atoms with E-state index in [1.807, 2.05) is 0 Å². The van der Waals surface area contributed by atoms with Crippen molar-refractivity contribution in [2.24, 2.45) is 5.73 Å². The fraction of sp³-hybridized carbons (Fsp3) is 0.333. The van der Waals surface area contributed by atoms with Gasteiger partial charge in [0.05, 0.1) is 25.2 Å². The molecule has 0 saturated heterocycles. The first-order valence-electron chi connectivity index (χ1n) is 7.32. The van der Waals surface area contributed by atoms with Crippen molar-refractivity contribution in [3.8, 4) is 11.5 Å². The molecule has 25 heavy (non-hydrogen) atoms. The average molecular weight is 366 g/mol. The van der Waals surface area contributed by atoms with Crippen LogP contribution in [-0.4, -0.2) is 36.6 Å². The number of nitrogens with two attached hydrogens (primary N) is 1. The molecule has 0 radical (unpaired) electrons. The topological polar surface area (TPSA) is 130 Å². The normalized spacial score (nSPS) is 10.4. The lowest BCUT2D eigenvalue weighted by Gasteiger charge is -2.11. The van der Waals surface area contributed by atoms with E-state index in [9.17, 15) is 14.9 Å². The summed E-state index contributed by atoms with van der Waals surface area (Å²) in [5, 5.41) is 16.2. The van der Waals surface area contributed by atoms with Gasteiger partial charge in [0.25, 0.3) is 11.6 Å². The lowest BCUT2D eigenvalue weighted by Crippen LogP contribution is -2.26. The molecule has 1 amide bonds. The number of hydrogen-bond acceptors (Lipinski definition) is 8. The Bertz CT molecular complexity index is 777. The SMILES string of the molecule is COc1cc(CCNC(=O)c2csc(CN)n2)c([N+](=O)[O-])cc1OC. The van der Waals surface area contributed by atoms with Gasteiger partial charge in [0.15, 0.2) is 11.5 Å². The first-order chi connectivity index (χ1) is 12.0. The van der Waals surface area contributed by atoms with E-state index >= 15 is 0 Å². The van der Waals surface area contributed by atoms with Crippen LogP contribution >= 0.6 is 11.3 Å². The van der Waals surface area contributed by atoms with Gasteiger partial charge in [-0.1, -0.05) is 0 Å². The highest BCUT2D eigenvalue weighted by Gasteiger charge is 2.19. The summed E-state index contributed by atoms with van der Waals surface area (Å²) in [6, 6.07) is 2.85. The number of carbonyl (C=O) groups excluding carboxylic acids is 1. The molecule has 0 aliphatic carbocycles. The highest BCUT2D eigenvalue weighted by Crippen LogP contribution is 2.34. The second kappa shape index (κ2) is 8.40. The lowest BCUT2D eigenvalue weighted by atomic mass is 10.1. The Kier molecular flexibility index (Phi) is 6.25. The molecule has 0 unspecified atom stereocenters. The van der Waals surface area contributed by atoms with Crippen molar-refractivity contribution in [2.45, 2.75) is 13.0 Å². The Morgan fingerprint density at radius 1 is 1.36 bits per heavy atom. The number of carbonyl (C=O) groups is 1. The standard InChI is InChI=1S/C15H18N4O5S/c1-23-12-5-9(11(19(21)22)6-13(12)24-2)3-4-17-15(20)10-8-25-14(7-16)18-10/h5-6,8H,3-4,7,16H2,1-2H3,(H,17,20). The number of rotatable bonds is 8. The van der Waals surface area contributed by atoms with Gasteiger partial charge in [-0.05, 0) is 12.5 Å². The molecule has 2 aromatic rings. The molecule has 3 N–H and O–H groups in total. The van der Waals surface area contributed by atoms with Gasteiger partial charge in [-0.15, -0.1) is 11.3 Å². The summed E-state index contributed by atoms with van der Waals surface area (Å²) in [5.74, 6) is 0.319. The van der Waals surface area contributed by atoms with E-state index in [1.54, 1.807) is 11.4 Å². The van der Waals surface area contributed by atoms with E-state index < -0.39 is 4.92 Å². The highest BCUT2D eigenvalue weighted by molar-refractivity contribution is 7.09. The summed E-state index contributed by atoms with van der Waals surface area (Å²) in [5.41, 5.74) is 6.09. The van der Waals surface area contributed by atoms with Crippen LogP contribution in [0.3, 0.4) is 0 Å². The third-order valence-corrected chi connectivity index (χ3v) is 4.29. The minimum absolute atomic E-state index is 0.0917. The Labute approximate surface area is 147 Å². The molecular formula is C15H18N4O5S. The smallest absolute Gasteiger partial charge is 0.276 e. The van der Waals surface area contributed by atoms with Crippen LogP contribution in [-0.2, 0) is 13.0 Å². The number of benzene rings is 1. The summed E-state index contributed by atoms with van der Waals surface area (Å²) >= 11 is 1.31. The molecule has 0 spiro atoms. The molecule has 0 saturated carbocycles. The first kappa shape index (κ1) is 18.6. The number of hydrogen-bond donors (Lipinski definition) is 2. The van der Waals surface area contributed by atoms with E-state index in [0.29, 0.717) is 16.3 Å². The molecule has 0 aliphatic rings. The molecule has 0 atom stereocenters. The number of ether oxygens (including phenoxy) is 2. The second-order valence-corrected chi connectivity index (χ2v) is 5.87. The second-order valence-electron chi connectivity index (χ2n) is 4.93. The van der Waals surface area contributed by atoms with Gasteiger partial charge >= 0.3 is 0 Å².